The van der Waals surface area contributed by atoms with Crippen molar-refractivity contribution in [3.63, 3.8) is 0 Å². The van der Waals surface area contributed by atoms with Gasteiger partial charge >= 0.3 is 5.97 Å². The summed E-state index contributed by atoms with van der Waals surface area (Å²) < 4.78 is 22.5. The van der Waals surface area contributed by atoms with E-state index in [0.29, 0.717) is 12.3 Å². The van der Waals surface area contributed by atoms with E-state index in [1.54, 1.807) is 7.11 Å². The van der Waals surface area contributed by atoms with Crippen molar-refractivity contribution >= 4 is 5.97 Å². The van der Waals surface area contributed by atoms with E-state index < -0.39 is 42.8 Å². The summed E-state index contributed by atoms with van der Waals surface area (Å²) in [6.07, 6.45) is -7.45. The lowest BCUT2D eigenvalue weighted by molar-refractivity contribution is -0.306. The van der Waals surface area contributed by atoms with Gasteiger partial charge in [-0.2, -0.15) is 0 Å². The largest absolute Gasteiger partial charge is 0.497 e. The van der Waals surface area contributed by atoms with Crippen molar-refractivity contribution in [2.45, 2.75) is 49.7 Å². The lowest BCUT2D eigenvalue weighted by Gasteiger charge is -2.40. The topological polar surface area (TPSA) is 138 Å². The summed E-state index contributed by atoms with van der Waals surface area (Å²) in [5, 5.41) is 39.6. The highest BCUT2D eigenvalue weighted by molar-refractivity contribution is 5.73. The van der Waals surface area contributed by atoms with Crippen molar-refractivity contribution < 1.29 is 44.2 Å². The first-order chi connectivity index (χ1) is 17.2. The van der Waals surface area contributed by atoms with Gasteiger partial charge in [0.05, 0.1) is 7.11 Å². The van der Waals surface area contributed by atoms with Crippen molar-refractivity contribution in [2.24, 2.45) is 0 Å². The van der Waals surface area contributed by atoms with Crippen molar-refractivity contribution in [3.8, 4) is 11.5 Å². The van der Waals surface area contributed by atoms with Gasteiger partial charge in [0.1, 0.15) is 42.5 Å². The number of aliphatic hydroxyl groups is 3. The molecule has 0 bridgehead atoms. The van der Waals surface area contributed by atoms with Crippen LogP contribution in [0.2, 0.25) is 0 Å². The third-order valence-corrected chi connectivity index (χ3v) is 5.92. The number of carbonyl (C=O) groups is 1. The van der Waals surface area contributed by atoms with E-state index in [0.717, 1.165) is 29.7 Å². The fourth-order valence-corrected chi connectivity index (χ4v) is 4.04. The molecule has 0 radical (unpaired) electrons. The minimum atomic E-state index is -1.78. The molecule has 0 aliphatic carbocycles. The van der Waals surface area contributed by atoms with Gasteiger partial charge in [0, 0.05) is 6.54 Å². The molecule has 0 amide bonds. The Balaban J connectivity index is 1.67. The number of likely N-dealkylation sites (N-methyl/N-ethyl adjacent to an activating group) is 1. The lowest BCUT2D eigenvalue weighted by Crippen LogP contribution is -2.61. The average molecular weight is 506 g/mol. The smallest absolute Gasteiger partial charge is 0.335 e. The molecule has 2 aromatic carbocycles. The van der Waals surface area contributed by atoms with Gasteiger partial charge in [-0.3, -0.25) is 0 Å². The summed E-state index contributed by atoms with van der Waals surface area (Å²) >= 11 is 0. The molecule has 4 N–H and O–H groups in total. The number of aliphatic hydroxyl groups excluding tert-OH is 3. The number of carboxylic acids is 1. The Hall–Kier alpha value is -2.73. The molecule has 1 aliphatic heterocycles. The van der Waals surface area contributed by atoms with Gasteiger partial charge in [0.2, 0.25) is 0 Å². The number of hydrogen-bond donors (Lipinski definition) is 4. The molecule has 1 heterocycles. The van der Waals surface area contributed by atoms with E-state index in [9.17, 15) is 25.2 Å². The first-order valence-electron chi connectivity index (χ1n) is 11.8. The third kappa shape index (κ3) is 7.39. The second-order valence-electron chi connectivity index (χ2n) is 9.03. The van der Waals surface area contributed by atoms with E-state index >= 15 is 0 Å². The number of nitrogens with zero attached hydrogens (tertiary/aromatic N) is 1. The number of hydrogen-bond acceptors (Lipinski definition) is 9. The quantitative estimate of drug-likeness (QED) is 0.326. The van der Waals surface area contributed by atoms with Crippen molar-refractivity contribution in [1.82, 2.24) is 4.90 Å². The Morgan fingerprint density at radius 3 is 2.47 bits per heavy atom. The standard InChI is InChI=1S/C26H35NO9/c1-27(2)14-19(35-26-23(30)21(28)22(29)24(36-26)25(31)32)15-34-20-10-5-4-8-17(20)12-11-16-7-6-9-18(13-16)33-3/h4-10,13,19,21-24,26,28-30H,11-12,14-15H2,1-3H3,(H,31,32)/t19-,21-,22-,23+,24-,26+/m0/s1. The second kappa shape index (κ2) is 13.0. The van der Waals surface area contributed by atoms with Crippen LogP contribution in [-0.2, 0) is 27.1 Å². The number of benzene rings is 2. The maximum Gasteiger partial charge on any atom is 0.335 e. The number of carboxylic acid groups (broad SMARTS) is 1. The molecule has 0 unspecified atom stereocenters. The molecular formula is C26H35NO9. The van der Waals surface area contributed by atoms with Crippen molar-refractivity contribution in [2.75, 3.05) is 34.4 Å². The number of methoxy groups -OCH3 is 1. The minimum Gasteiger partial charge on any atom is -0.497 e. The Kier molecular flexibility index (Phi) is 10.1. The molecule has 0 saturated carbocycles. The zero-order chi connectivity index (χ0) is 26.2. The molecule has 198 valence electrons. The van der Waals surface area contributed by atoms with E-state index in [1.807, 2.05) is 67.5 Å². The molecule has 1 saturated heterocycles. The Labute approximate surface area is 210 Å². The molecule has 1 aliphatic rings. The van der Waals surface area contributed by atoms with Crippen LogP contribution in [0.4, 0.5) is 0 Å². The zero-order valence-corrected chi connectivity index (χ0v) is 20.7. The van der Waals surface area contributed by atoms with E-state index in [-0.39, 0.29) is 6.61 Å². The van der Waals surface area contributed by atoms with Crippen LogP contribution in [0.5, 0.6) is 11.5 Å². The van der Waals surface area contributed by atoms with Crippen LogP contribution in [0.3, 0.4) is 0 Å². The maximum atomic E-state index is 11.4. The highest BCUT2D eigenvalue weighted by Gasteiger charge is 2.48. The van der Waals surface area contributed by atoms with Gasteiger partial charge in [-0.15, -0.1) is 0 Å². The van der Waals surface area contributed by atoms with Gasteiger partial charge in [-0.05, 0) is 56.3 Å². The van der Waals surface area contributed by atoms with Crippen LogP contribution < -0.4 is 9.47 Å². The average Bonchev–Trinajstić information content (AvgIpc) is 2.86. The highest BCUT2D eigenvalue weighted by Crippen LogP contribution is 2.25. The maximum absolute atomic E-state index is 11.4. The number of rotatable bonds is 12. The van der Waals surface area contributed by atoms with Gasteiger partial charge in [0.15, 0.2) is 12.4 Å². The summed E-state index contributed by atoms with van der Waals surface area (Å²) in [5.74, 6) is 0.0137. The number of aliphatic carboxylic acids is 1. The van der Waals surface area contributed by atoms with Crippen LogP contribution in [0, 0.1) is 0 Å². The van der Waals surface area contributed by atoms with Crippen LogP contribution >= 0.6 is 0 Å². The molecular weight excluding hydrogens is 470 g/mol. The summed E-state index contributed by atoms with van der Waals surface area (Å²) in [6, 6.07) is 15.5. The fourth-order valence-electron chi connectivity index (χ4n) is 4.04. The summed E-state index contributed by atoms with van der Waals surface area (Å²) in [6.45, 7) is 0.451. The summed E-state index contributed by atoms with van der Waals surface area (Å²) in [7, 11) is 5.29. The van der Waals surface area contributed by atoms with Gasteiger partial charge in [-0.25, -0.2) is 4.79 Å². The lowest BCUT2D eigenvalue weighted by atomic mass is 9.99. The SMILES string of the molecule is COc1cccc(CCc2ccccc2OC[C@H](CN(C)C)O[C@@H]2O[C@H](C(=O)O)[C@@H](O)[C@H](O)[C@H]2O)c1. The molecule has 1 fully saturated rings. The number of aryl methyl sites for hydroxylation is 2. The number of para-hydroxylation sites is 1. The molecule has 36 heavy (non-hydrogen) atoms. The number of ether oxygens (including phenoxy) is 4. The minimum absolute atomic E-state index is 0.0807. The van der Waals surface area contributed by atoms with Crippen LogP contribution in [-0.4, -0.2) is 102 Å². The summed E-state index contributed by atoms with van der Waals surface area (Å²) in [4.78, 5) is 13.2. The van der Waals surface area contributed by atoms with E-state index in [1.165, 1.54) is 0 Å². The molecule has 10 nitrogen and oxygen atoms in total. The van der Waals surface area contributed by atoms with E-state index in [4.69, 9.17) is 18.9 Å². The molecule has 2 aromatic rings. The van der Waals surface area contributed by atoms with Gasteiger partial charge in [-0.1, -0.05) is 30.3 Å². The second-order valence-corrected chi connectivity index (χ2v) is 9.03. The van der Waals surface area contributed by atoms with Gasteiger partial charge < -0.3 is 44.3 Å². The zero-order valence-electron chi connectivity index (χ0n) is 20.7. The van der Waals surface area contributed by atoms with Crippen molar-refractivity contribution in [1.29, 1.82) is 0 Å². The third-order valence-electron chi connectivity index (χ3n) is 5.92. The fraction of sp³-hybridized carbons (Fsp3) is 0.500. The first-order valence-corrected chi connectivity index (χ1v) is 11.8. The Morgan fingerprint density at radius 2 is 1.78 bits per heavy atom. The Morgan fingerprint density at radius 1 is 1.03 bits per heavy atom. The first kappa shape index (κ1) is 27.9. The monoisotopic (exact) mass is 505 g/mol. The molecule has 10 heteroatoms. The van der Waals surface area contributed by atoms with Gasteiger partial charge in [0.25, 0.3) is 0 Å². The molecule has 0 spiro atoms. The van der Waals surface area contributed by atoms with Crippen molar-refractivity contribution in [3.05, 3.63) is 59.7 Å². The predicted molar refractivity (Wildman–Crippen MR) is 130 cm³/mol. The molecule has 0 aromatic heterocycles. The predicted octanol–water partition coefficient (Wildman–Crippen LogP) is 0.698. The van der Waals surface area contributed by atoms with Crippen LogP contribution in [0.15, 0.2) is 48.5 Å². The molecule has 3 rings (SSSR count). The van der Waals surface area contributed by atoms with E-state index in [2.05, 4.69) is 0 Å². The highest BCUT2D eigenvalue weighted by atomic mass is 16.7. The normalized spacial score (nSPS) is 24.9. The molecule has 6 atom stereocenters. The summed E-state index contributed by atoms with van der Waals surface area (Å²) in [5.41, 5.74) is 2.14. The Bertz CT molecular complexity index is 985. The van der Waals surface area contributed by atoms with Crippen LogP contribution in [0.25, 0.3) is 0 Å². The van der Waals surface area contributed by atoms with Crippen LogP contribution in [0.1, 0.15) is 11.1 Å².